The lowest BCUT2D eigenvalue weighted by Gasteiger charge is -2.33. The number of aliphatic imine (C=N–C) groups is 1. The standard InChI is InChI=1S/C21H27N3O3/c1-15-7-3-4-8-17(15)18(14-20(25)26)23-21(27)16-9-10-22-19(13-16)24-11-5-2-6-12-24/h3-4,7-10,18-19H,2,5-6,11-14H2,1H3,(H,23,27)(H,25,26)/t18-,19?/m0/s1. The van der Waals surface area contributed by atoms with Crippen LogP contribution in [0.5, 0.6) is 0 Å². The Morgan fingerprint density at radius 3 is 2.70 bits per heavy atom. The van der Waals surface area contributed by atoms with Gasteiger partial charge in [0.1, 0.15) is 6.17 Å². The van der Waals surface area contributed by atoms with Crippen molar-refractivity contribution in [2.75, 3.05) is 13.1 Å². The van der Waals surface area contributed by atoms with E-state index in [1.165, 1.54) is 19.3 Å². The van der Waals surface area contributed by atoms with Crippen molar-refractivity contribution >= 4 is 18.1 Å². The number of piperidine rings is 1. The molecule has 3 rings (SSSR count). The molecule has 2 atom stereocenters. The Morgan fingerprint density at radius 2 is 2.00 bits per heavy atom. The predicted molar refractivity (Wildman–Crippen MR) is 105 cm³/mol. The SMILES string of the molecule is Cc1ccccc1[C@H](CC(=O)O)NC(=O)C1=CC=NC(N2CCCCC2)C1. The van der Waals surface area contributed by atoms with Crippen LogP contribution in [0.1, 0.15) is 49.3 Å². The smallest absolute Gasteiger partial charge is 0.305 e. The number of carbonyl (C=O) groups excluding carboxylic acids is 1. The summed E-state index contributed by atoms with van der Waals surface area (Å²) < 4.78 is 0. The second-order valence-corrected chi connectivity index (χ2v) is 7.25. The van der Waals surface area contributed by atoms with E-state index in [1.54, 1.807) is 12.3 Å². The van der Waals surface area contributed by atoms with Gasteiger partial charge in [-0.3, -0.25) is 19.5 Å². The zero-order chi connectivity index (χ0) is 19.2. The summed E-state index contributed by atoms with van der Waals surface area (Å²) in [4.78, 5) is 31.0. The van der Waals surface area contributed by atoms with Crippen LogP contribution in [0.25, 0.3) is 0 Å². The Labute approximate surface area is 160 Å². The van der Waals surface area contributed by atoms with Crippen LogP contribution in [0.3, 0.4) is 0 Å². The van der Waals surface area contributed by atoms with Gasteiger partial charge < -0.3 is 10.4 Å². The molecule has 1 unspecified atom stereocenters. The number of aryl methyl sites for hydroxylation is 1. The number of benzene rings is 1. The van der Waals surface area contributed by atoms with Gasteiger partial charge >= 0.3 is 5.97 Å². The van der Waals surface area contributed by atoms with Crippen molar-refractivity contribution in [3.8, 4) is 0 Å². The molecule has 6 nitrogen and oxygen atoms in total. The molecule has 2 aliphatic heterocycles. The molecule has 1 amide bonds. The van der Waals surface area contributed by atoms with E-state index in [4.69, 9.17) is 0 Å². The van der Waals surface area contributed by atoms with E-state index in [-0.39, 0.29) is 18.5 Å². The molecular weight excluding hydrogens is 342 g/mol. The first kappa shape index (κ1) is 19.3. The third-order valence-electron chi connectivity index (χ3n) is 5.29. The molecule has 2 aliphatic rings. The number of carboxylic acid groups (broad SMARTS) is 1. The Morgan fingerprint density at radius 1 is 1.26 bits per heavy atom. The Bertz CT molecular complexity index is 751. The zero-order valence-electron chi connectivity index (χ0n) is 15.7. The first-order valence-electron chi connectivity index (χ1n) is 9.59. The van der Waals surface area contributed by atoms with Crippen LogP contribution in [0, 0.1) is 6.92 Å². The number of rotatable bonds is 6. The first-order chi connectivity index (χ1) is 13.0. The molecule has 0 aromatic heterocycles. The molecule has 0 radical (unpaired) electrons. The van der Waals surface area contributed by atoms with Crippen LogP contribution in [-0.2, 0) is 9.59 Å². The molecule has 6 heteroatoms. The van der Waals surface area contributed by atoms with Gasteiger partial charge in [0.2, 0.25) is 5.91 Å². The molecule has 27 heavy (non-hydrogen) atoms. The van der Waals surface area contributed by atoms with E-state index in [9.17, 15) is 14.7 Å². The fraction of sp³-hybridized carbons (Fsp3) is 0.476. The van der Waals surface area contributed by atoms with Crippen LogP contribution >= 0.6 is 0 Å². The number of nitrogens with zero attached hydrogens (tertiary/aromatic N) is 2. The summed E-state index contributed by atoms with van der Waals surface area (Å²) in [5.41, 5.74) is 2.46. The summed E-state index contributed by atoms with van der Waals surface area (Å²) in [6.07, 6.45) is 7.47. The molecule has 2 heterocycles. The molecule has 0 bridgehead atoms. The van der Waals surface area contributed by atoms with Crippen LogP contribution in [0.15, 0.2) is 40.9 Å². The van der Waals surface area contributed by atoms with Crippen LogP contribution in [0.2, 0.25) is 0 Å². The van der Waals surface area contributed by atoms with Gasteiger partial charge in [-0.25, -0.2) is 0 Å². The molecule has 0 saturated carbocycles. The summed E-state index contributed by atoms with van der Waals surface area (Å²) in [7, 11) is 0. The van der Waals surface area contributed by atoms with Crippen molar-refractivity contribution in [2.45, 2.75) is 51.2 Å². The van der Waals surface area contributed by atoms with Gasteiger partial charge in [0.15, 0.2) is 0 Å². The molecule has 1 aromatic rings. The third-order valence-corrected chi connectivity index (χ3v) is 5.29. The highest BCUT2D eigenvalue weighted by Gasteiger charge is 2.27. The average Bonchev–Trinajstić information content (AvgIpc) is 2.68. The van der Waals surface area contributed by atoms with E-state index >= 15 is 0 Å². The first-order valence-corrected chi connectivity index (χ1v) is 9.59. The van der Waals surface area contributed by atoms with Crippen molar-refractivity contribution < 1.29 is 14.7 Å². The van der Waals surface area contributed by atoms with Gasteiger partial charge in [-0.15, -0.1) is 0 Å². The summed E-state index contributed by atoms with van der Waals surface area (Å²) in [6.45, 7) is 3.96. The second-order valence-electron chi connectivity index (χ2n) is 7.25. The van der Waals surface area contributed by atoms with Crippen molar-refractivity contribution in [3.63, 3.8) is 0 Å². The molecule has 0 spiro atoms. The van der Waals surface area contributed by atoms with Crippen molar-refractivity contribution in [2.24, 2.45) is 4.99 Å². The average molecular weight is 369 g/mol. The maximum absolute atomic E-state index is 12.9. The fourth-order valence-electron chi connectivity index (χ4n) is 3.80. The second kappa shape index (κ2) is 8.95. The summed E-state index contributed by atoms with van der Waals surface area (Å²) in [6, 6.07) is 7.01. The number of nitrogens with one attached hydrogen (secondary N) is 1. The predicted octanol–water partition coefficient (Wildman–Crippen LogP) is 2.84. The number of carbonyl (C=O) groups is 2. The topological polar surface area (TPSA) is 82.0 Å². The largest absolute Gasteiger partial charge is 0.481 e. The summed E-state index contributed by atoms with van der Waals surface area (Å²) >= 11 is 0. The maximum atomic E-state index is 12.9. The van der Waals surface area contributed by atoms with E-state index < -0.39 is 12.0 Å². The zero-order valence-corrected chi connectivity index (χ0v) is 15.7. The highest BCUT2D eigenvalue weighted by molar-refractivity contribution is 5.98. The molecule has 1 fully saturated rings. The van der Waals surface area contributed by atoms with Gasteiger partial charge in [-0.1, -0.05) is 30.7 Å². The minimum atomic E-state index is -0.936. The van der Waals surface area contributed by atoms with Crippen molar-refractivity contribution in [1.29, 1.82) is 0 Å². The Kier molecular flexibility index (Phi) is 6.40. The van der Waals surface area contributed by atoms with Crippen LogP contribution in [0.4, 0.5) is 0 Å². The molecule has 0 aliphatic carbocycles. The van der Waals surface area contributed by atoms with Gasteiger partial charge in [0.25, 0.3) is 0 Å². The molecule has 144 valence electrons. The van der Waals surface area contributed by atoms with Crippen LogP contribution in [-0.4, -0.2) is 47.4 Å². The third kappa shape index (κ3) is 5.04. The highest BCUT2D eigenvalue weighted by Crippen LogP contribution is 2.24. The van der Waals surface area contributed by atoms with E-state index in [2.05, 4.69) is 15.2 Å². The summed E-state index contributed by atoms with van der Waals surface area (Å²) in [5.74, 6) is -1.15. The fourth-order valence-corrected chi connectivity index (χ4v) is 3.80. The lowest BCUT2D eigenvalue weighted by Crippen LogP contribution is -2.41. The number of likely N-dealkylation sites (tertiary alicyclic amines) is 1. The normalized spacial score (nSPS) is 21.4. The van der Waals surface area contributed by atoms with E-state index in [0.717, 1.165) is 24.2 Å². The molecule has 1 aromatic carbocycles. The Hall–Kier alpha value is -2.47. The van der Waals surface area contributed by atoms with Gasteiger partial charge in [-0.05, 0) is 37.0 Å². The lowest BCUT2D eigenvalue weighted by atomic mass is 9.97. The number of aliphatic carboxylic acids is 1. The number of dihydropyridines is 1. The number of carboxylic acids is 1. The van der Waals surface area contributed by atoms with E-state index in [1.807, 2.05) is 31.2 Å². The van der Waals surface area contributed by atoms with Crippen molar-refractivity contribution in [3.05, 3.63) is 47.0 Å². The molecule has 2 N–H and O–H groups in total. The van der Waals surface area contributed by atoms with Crippen LogP contribution < -0.4 is 5.32 Å². The number of amides is 1. The number of hydrogen-bond acceptors (Lipinski definition) is 4. The Balaban J connectivity index is 1.70. The van der Waals surface area contributed by atoms with Gasteiger partial charge in [-0.2, -0.15) is 0 Å². The molecule has 1 saturated heterocycles. The minimum Gasteiger partial charge on any atom is -0.481 e. The minimum absolute atomic E-state index is 0.00688. The maximum Gasteiger partial charge on any atom is 0.305 e. The highest BCUT2D eigenvalue weighted by atomic mass is 16.4. The quantitative estimate of drug-likeness (QED) is 0.808. The number of allylic oxidation sites excluding steroid dienone is 1. The molecular formula is C21H27N3O3. The summed E-state index contributed by atoms with van der Waals surface area (Å²) in [5, 5.41) is 12.2. The van der Waals surface area contributed by atoms with Crippen molar-refractivity contribution in [1.82, 2.24) is 10.2 Å². The lowest BCUT2D eigenvalue weighted by molar-refractivity contribution is -0.137. The van der Waals surface area contributed by atoms with E-state index in [0.29, 0.717) is 12.0 Å². The van der Waals surface area contributed by atoms with Gasteiger partial charge in [0, 0.05) is 31.3 Å². The monoisotopic (exact) mass is 369 g/mol. The number of hydrogen-bond donors (Lipinski definition) is 2. The van der Waals surface area contributed by atoms with Gasteiger partial charge in [0.05, 0.1) is 12.5 Å².